The zero-order chi connectivity index (χ0) is 24.3. The molecule has 5 aromatic carbocycles. The number of nitrogens with zero attached hydrogens (tertiary/aromatic N) is 4. The standard InChI is InChI=1S/C32H23N4/c1-5-15-25(16-6-1)29-23-13-14-24-30(29)32(33-35-36-34-32)31(26-17-7-2-8-18-26,27-19-9-3-10-20-27)28-21-11-4-12-22-28/h2-24H. The molecule has 1 heterocycles. The van der Waals surface area contributed by atoms with E-state index in [9.17, 15) is 0 Å². The molecule has 0 unspecified atom stereocenters. The van der Waals surface area contributed by atoms with E-state index >= 15 is 0 Å². The van der Waals surface area contributed by atoms with Crippen LogP contribution in [0.2, 0.25) is 0 Å². The predicted molar refractivity (Wildman–Crippen MR) is 141 cm³/mol. The molecule has 0 amide bonds. The van der Waals surface area contributed by atoms with E-state index in [1.165, 1.54) is 0 Å². The number of hydrogen-bond acceptors (Lipinski definition) is 4. The molecule has 0 fully saturated rings. The smallest absolute Gasteiger partial charge is 0.128 e. The first-order valence-electron chi connectivity index (χ1n) is 11.9. The summed E-state index contributed by atoms with van der Waals surface area (Å²) in [5, 5.41) is 18.2. The highest BCUT2D eigenvalue weighted by molar-refractivity contribution is 5.71. The molecule has 0 saturated carbocycles. The monoisotopic (exact) mass is 463 g/mol. The van der Waals surface area contributed by atoms with Gasteiger partial charge in [-0.05, 0) is 44.3 Å². The van der Waals surface area contributed by atoms with Crippen LogP contribution in [0.1, 0.15) is 22.3 Å². The minimum absolute atomic E-state index is 0.850. The first-order valence-corrected chi connectivity index (χ1v) is 11.9. The molecule has 0 aliphatic carbocycles. The van der Waals surface area contributed by atoms with E-state index in [1.807, 2.05) is 42.5 Å². The highest BCUT2D eigenvalue weighted by Crippen LogP contribution is 2.58. The van der Waals surface area contributed by atoms with E-state index in [2.05, 4.69) is 114 Å². The maximum Gasteiger partial charge on any atom is 0.238 e. The van der Waals surface area contributed by atoms with Crippen molar-refractivity contribution in [3.8, 4) is 11.1 Å². The molecule has 0 N–H and O–H groups in total. The van der Waals surface area contributed by atoms with E-state index in [1.54, 1.807) is 0 Å². The van der Waals surface area contributed by atoms with Crippen LogP contribution < -0.4 is 0 Å². The van der Waals surface area contributed by atoms with Gasteiger partial charge in [0.2, 0.25) is 5.66 Å². The summed E-state index contributed by atoms with van der Waals surface area (Å²) in [6, 6.07) is 50.7. The molecular weight excluding hydrogens is 440 g/mol. The van der Waals surface area contributed by atoms with Crippen molar-refractivity contribution in [1.82, 2.24) is 0 Å². The minimum atomic E-state index is -1.19. The third-order valence-electron chi connectivity index (χ3n) is 6.89. The molecule has 0 bridgehead atoms. The van der Waals surface area contributed by atoms with Gasteiger partial charge in [-0.3, -0.25) is 0 Å². The SMILES string of the molecule is [c]1ccc(-c2ccccc2C2(C(c3ccccc3)(c3ccccc3)c3ccccc3)N=NN=N2)cc1. The third-order valence-corrected chi connectivity index (χ3v) is 6.89. The van der Waals surface area contributed by atoms with Crippen molar-refractivity contribution < 1.29 is 0 Å². The fraction of sp³-hybridized carbons (Fsp3) is 0.0625. The Labute approximate surface area is 210 Å². The third kappa shape index (κ3) is 3.30. The Kier molecular flexibility index (Phi) is 5.55. The normalized spacial score (nSPS) is 14.1. The van der Waals surface area contributed by atoms with Crippen molar-refractivity contribution in [2.45, 2.75) is 11.1 Å². The zero-order valence-electron chi connectivity index (χ0n) is 19.6. The summed E-state index contributed by atoms with van der Waals surface area (Å²) >= 11 is 0. The molecule has 0 saturated heterocycles. The van der Waals surface area contributed by atoms with Crippen molar-refractivity contribution in [3.05, 3.63) is 168 Å². The van der Waals surface area contributed by atoms with Crippen molar-refractivity contribution in [2.75, 3.05) is 0 Å². The molecule has 5 aromatic rings. The lowest BCUT2D eigenvalue weighted by molar-refractivity contribution is 0.318. The van der Waals surface area contributed by atoms with Crippen LogP contribution in [-0.2, 0) is 11.1 Å². The second-order valence-corrected chi connectivity index (χ2v) is 8.73. The van der Waals surface area contributed by atoms with E-state index in [-0.39, 0.29) is 0 Å². The molecule has 1 radical (unpaired) electrons. The maximum atomic E-state index is 4.91. The number of rotatable bonds is 6. The Morgan fingerprint density at radius 1 is 0.500 bits per heavy atom. The summed E-state index contributed by atoms with van der Waals surface area (Å²) in [4.78, 5) is 0. The van der Waals surface area contributed by atoms with Crippen LogP contribution in [0.5, 0.6) is 0 Å². The summed E-state index contributed by atoms with van der Waals surface area (Å²) in [5.41, 5.74) is 4.14. The van der Waals surface area contributed by atoms with E-state index in [0.29, 0.717) is 0 Å². The molecule has 1 aliphatic heterocycles. The number of benzene rings is 5. The van der Waals surface area contributed by atoms with Gasteiger partial charge >= 0.3 is 0 Å². The lowest BCUT2D eigenvalue weighted by atomic mass is 9.59. The Morgan fingerprint density at radius 2 is 0.944 bits per heavy atom. The van der Waals surface area contributed by atoms with Gasteiger partial charge in [0.25, 0.3) is 0 Å². The second kappa shape index (κ2) is 9.16. The topological polar surface area (TPSA) is 49.4 Å². The number of hydrogen-bond donors (Lipinski definition) is 0. The molecule has 4 nitrogen and oxygen atoms in total. The minimum Gasteiger partial charge on any atom is -0.128 e. The van der Waals surface area contributed by atoms with Crippen LogP contribution in [0, 0.1) is 6.07 Å². The summed E-state index contributed by atoms with van der Waals surface area (Å²) in [6.07, 6.45) is 0. The first-order chi connectivity index (χ1) is 17.9. The molecule has 1 aliphatic rings. The first kappa shape index (κ1) is 21.8. The van der Waals surface area contributed by atoms with Crippen LogP contribution in [0.25, 0.3) is 11.1 Å². The summed E-state index contributed by atoms with van der Waals surface area (Å²) in [7, 11) is 0. The Bertz CT molecular complexity index is 1400. The van der Waals surface area contributed by atoms with Crippen LogP contribution in [0.4, 0.5) is 0 Å². The van der Waals surface area contributed by atoms with Crippen LogP contribution in [0.15, 0.2) is 160 Å². The molecule has 171 valence electrons. The van der Waals surface area contributed by atoms with Crippen LogP contribution in [-0.4, -0.2) is 0 Å². The van der Waals surface area contributed by atoms with E-state index < -0.39 is 11.1 Å². The molecule has 0 aromatic heterocycles. The van der Waals surface area contributed by atoms with Gasteiger partial charge in [-0.1, -0.05) is 140 Å². The van der Waals surface area contributed by atoms with Gasteiger partial charge in [0.1, 0.15) is 0 Å². The van der Waals surface area contributed by atoms with Crippen molar-refractivity contribution in [1.29, 1.82) is 0 Å². The fourth-order valence-electron chi connectivity index (χ4n) is 5.42. The van der Waals surface area contributed by atoms with Gasteiger partial charge in [0.05, 0.1) is 5.41 Å². The highest BCUT2D eigenvalue weighted by Gasteiger charge is 2.60. The quantitative estimate of drug-likeness (QED) is 0.228. The Balaban J connectivity index is 1.79. The van der Waals surface area contributed by atoms with Gasteiger partial charge in [-0.2, -0.15) is 0 Å². The van der Waals surface area contributed by atoms with Gasteiger partial charge < -0.3 is 0 Å². The fourth-order valence-corrected chi connectivity index (χ4v) is 5.42. The maximum absolute atomic E-state index is 4.91. The van der Waals surface area contributed by atoms with Crippen molar-refractivity contribution in [2.24, 2.45) is 20.7 Å². The van der Waals surface area contributed by atoms with Gasteiger partial charge in [0.15, 0.2) is 0 Å². The molecule has 0 atom stereocenters. The lowest BCUT2D eigenvalue weighted by Crippen LogP contribution is -2.48. The van der Waals surface area contributed by atoms with E-state index in [0.717, 1.165) is 33.4 Å². The Morgan fingerprint density at radius 3 is 1.44 bits per heavy atom. The zero-order valence-corrected chi connectivity index (χ0v) is 19.6. The van der Waals surface area contributed by atoms with Gasteiger partial charge in [-0.15, -0.1) is 10.2 Å². The van der Waals surface area contributed by atoms with Gasteiger partial charge in [-0.25, -0.2) is 0 Å². The summed E-state index contributed by atoms with van der Waals surface area (Å²) in [6.45, 7) is 0. The van der Waals surface area contributed by atoms with Crippen molar-refractivity contribution in [3.63, 3.8) is 0 Å². The highest BCUT2D eigenvalue weighted by atomic mass is 15.6. The summed E-state index contributed by atoms with van der Waals surface area (Å²) in [5.74, 6) is 0. The molecule has 0 spiro atoms. The second-order valence-electron chi connectivity index (χ2n) is 8.73. The van der Waals surface area contributed by atoms with Gasteiger partial charge in [0, 0.05) is 5.56 Å². The summed E-state index contributed by atoms with van der Waals surface area (Å²) < 4.78 is 0. The Hall–Kier alpha value is -4.70. The average Bonchev–Trinajstić information content (AvgIpc) is 3.47. The molecular formula is C32H23N4. The van der Waals surface area contributed by atoms with Crippen LogP contribution in [0.3, 0.4) is 0 Å². The lowest BCUT2D eigenvalue weighted by Gasteiger charge is -2.45. The molecule has 36 heavy (non-hydrogen) atoms. The average molecular weight is 464 g/mol. The van der Waals surface area contributed by atoms with Crippen molar-refractivity contribution >= 4 is 0 Å². The largest absolute Gasteiger partial charge is 0.238 e. The predicted octanol–water partition coefficient (Wildman–Crippen LogP) is 8.17. The van der Waals surface area contributed by atoms with E-state index in [4.69, 9.17) is 10.2 Å². The molecule has 6 rings (SSSR count). The molecule has 4 heteroatoms. The van der Waals surface area contributed by atoms with Crippen LogP contribution >= 0.6 is 0 Å².